The van der Waals surface area contributed by atoms with E-state index in [0.29, 0.717) is 18.8 Å². The van der Waals surface area contributed by atoms with Crippen LogP contribution >= 0.6 is 0 Å². The number of anilines is 2. The van der Waals surface area contributed by atoms with E-state index in [1.807, 2.05) is 25.1 Å². The summed E-state index contributed by atoms with van der Waals surface area (Å²) in [6.45, 7) is 4.66. The van der Waals surface area contributed by atoms with E-state index in [1.165, 1.54) is 0 Å². The topological polar surface area (TPSA) is 58.6 Å². The van der Waals surface area contributed by atoms with Crippen molar-refractivity contribution in [1.29, 1.82) is 0 Å². The SMILES string of the molecule is CCOCC(=O)Nc1ccc2c(c1)N(C(C)=O)CC2. The molecule has 1 aromatic carbocycles. The van der Waals surface area contributed by atoms with Crippen LogP contribution in [0.15, 0.2) is 18.2 Å². The molecule has 0 atom stereocenters. The number of hydrogen-bond acceptors (Lipinski definition) is 3. The molecule has 5 nitrogen and oxygen atoms in total. The van der Waals surface area contributed by atoms with Gasteiger partial charge in [-0.2, -0.15) is 0 Å². The summed E-state index contributed by atoms with van der Waals surface area (Å²) in [6, 6.07) is 5.65. The van der Waals surface area contributed by atoms with E-state index < -0.39 is 0 Å². The van der Waals surface area contributed by atoms with E-state index in [2.05, 4.69) is 5.32 Å². The first-order valence-electron chi connectivity index (χ1n) is 6.40. The second-order valence-electron chi connectivity index (χ2n) is 4.45. The summed E-state index contributed by atoms with van der Waals surface area (Å²) in [5.74, 6) is -0.161. The molecule has 102 valence electrons. The molecule has 0 fully saturated rings. The van der Waals surface area contributed by atoms with Crippen molar-refractivity contribution < 1.29 is 14.3 Å². The molecule has 0 aliphatic carbocycles. The van der Waals surface area contributed by atoms with Crippen LogP contribution < -0.4 is 10.2 Å². The molecule has 0 saturated heterocycles. The average Bonchev–Trinajstić information content (AvgIpc) is 2.79. The van der Waals surface area contributed by atoms with Crippen molar-refractivity contribution in [2.45, 2.75) is 20.3 Å². The number of amides is 2. The van der Waals surface area contributed by atoms with E-state index in [1.54, 1.807) is 11.8 Å². The van der Waals surface area contributed by atoms with Crippen molar-refractivity contribution in [1.82, 2.24) is 0 Å². The number of benzene rings is 1. The van der Waals surface area contributed by atoms with E-state index in [4.69, 9.17) is 4.74 Å². The molecule has 1 aliphatic heterocycles. The molecule has 1 aliphatic rings. The van der Waals surface area contributed by atoms with Gasteiger partial charge in [0, 0.05) is 31.5 Å². The van der Waals surface area contributed by atoms with Crippen LogP contribution in [0, 0.1) is 0 Å². The van der Waals surface area contributed by atoms with Gasteiger partial charge in [-0.3, -0.25) is 9.59 Å². The predicted molar refractivity (Wildman–Crippen MR) is 73.3 cm³/mol. The number of nitrogens with zero attached hydrogens (tertiary/aromatic N) is 1. The molecule has 2 amide bonds. The molecule has 0 radical (unpaired) electrons. The molecule has 0 bridgehead atoms. The zero-order valence-corrected chi connectivity index (χ0v) is 11.2. The second-order valence-corrected chi connectivity index (χ2v) is 4.45. The van der Waals surface area contributed by atoms with Crippen molar-refractivity contribution in [3.63, 3.8) is 0 Å². The van der Waals surface area contributed by atoms with Crippen molar-refractivity contribution >= 4 is 23.2 Å². The first kappa shape index (κ1) is 13.5. The zero-order valence-electron chi connectivity index (χ0n) is 11.2. The van der Waals surface area contributed by atoms with Gasteiger partial charge in [0.05, 0.1) is 0 Å². The highest BCUT2D eigenvalue weighted by Gasteiger charge is 2.22. The summed E-state index contributed by atoms with van der Waals surface area (Å²) in [4.78, 5) is 24.8. The summed E-state index contributed by atoms with van der Waals surface area (Å²) in [7, 11) is 0. The highest BCUT2D eigenvalue weighted by molar-refractivity contribution is 5.96. The lowest BCUT2D eigenvalue weighted by molar-refractivity contribution is -0.120. The Hall–Kier alpha value is -1.88. The van der Waals surface area contributed by atoms with Crippen molar-refractivity contribution in [2.24, 2.45) is 0 Å². The predicted octanol–water partition coefficient (Wildman–Crippen LogP) is 1.57. The lowest BCUT2D eigenvalue weighted by Gasteiger charge is -2.15. The van der Waals surface area contributed by atoms with Gasteiger partial charge in [-0.25, -0.2) is 0 Å². The Kier molecular flexibility index (Phi) is 4.16. The van der Waals surface area contributed by atoms with Gasteiger partial charge in [0.25, 0.3) is 0 Å². The van der Waals surface area contributed by atoms with Gasteiger partial charge in [0.2, 0.25) is 11.8 Å². The summed E-state index contributed by atoms with van der Waals surface area (Å²) in [5.41, 5.74) is 2.72. The number of nitrogens with one attached hydrogen (secondary N) is 1. The molecular formula is C14H18N2O3. The first-order valence-corrected chi connectivity index (χ1v) is 6.40. The third kappa shape index (κ3) is 3.12. The molecule has 0 unspecified atom stereocenters. The third-order valence-corrected chi connectivity index (χ3v) is 3.08. The van der Waals surface area contributed by atoms with E-state index in [-0.39, 0.29) is 18.4 Å². The maximum atomic E-state index is 11.6. The minimum absolute atomic E-state index is 0.0246. The van der Waals surface area contributed by atoms with E-state index >= 15 is 0 Å². The van der Waals surface area contributed by atoms with Crippen LogP contribution in [0.3, 0.4) is 0 Å². The number of rotatable bonds is 4. The number of hydrogen-bond donors (Lipinski definition) is 1. The van der Waals surface area contributed by atoms with Gasteiger partial charge in [0.1, 0.15) is 6.61 Å². The number of carbonyl (C=O) groups is 2. The van der Waals surface area contributed by atoms with Gasteiger partial charge in [-0.1, -0.05) is 6.07 Å². The van der Waals surface area contributed by atoms with Crippen LogP contribution in [0.5, 0.6) is 0 Å². The van der Waals surface area contributed by atoms with Crippen LogP contribution in [0.1, 0.15) is 19.4 Å². The highest BCUT2D eigenvalue weighted by atomic mass is 16.5. The monoisotopic (exact) mass is 262 g/mol. The molecule has 19 heavy (non-hydrogen) atoms. The fourth-order valence-electron chi connectivity index (χ4n) is 2.18. The first-order chi connectivity index (χ1) is 9.11. The summed E-state index contributed by atoms with van der Waals surface area (Å²) >= 11 is 0. The van der Waals surface area contributed by atoms with Crippen molar-refractivity contribution in [2.75, 3.05) is 30.0 Å². The third-order valence-electron chi connectivity index (χ3n) is 3.08. The smallest absolute Gasteiger partial charge is 0.250 e. The molecule has 1 aromatic rings. The van der Waals surface area contributed by atoms with Crippen molar-refractivity contribution in [3.05, 3.63) is 23.8 Å². The largest absolute Gasteiger partial charge is 0.372 e. The highest BCUT2D eigenvalue weighted by Crippen LogP contribution is 2.30. The Morgan fingerprint density at radius 2 is 2.21 bits per heavy atom. The van der Waals surface area contributed by atoms with Crippen LogP contribution in [0.4, 0.5) is 11.4 Å². The minimum atomic E-state index is -0.186. The van der Waals surface area contributed by atoms with Gasteiger partial charge < -0.3 is 15.0 Å². The lowest BCUT2D eigenvalue weighted by atomic mass is 10.1. The van der Waals surface area contributed by atoms with Crippen LogP contribution in [0.25, 0.3) is 0 Å². The molecule has 0 spiro atoms. The minimum Gasteiger partial charge on any atom is -0.372 e. The molecule has 0 aromatic heterocycles. The molecule has 5 heteroatoms. The molecule has 0 saturated carbocycles. The maximum Gasteiger partial charge on any atom is 0.250 e. The van der Waals surface area contributed by atoms with Crippen LogP contribution in [-0.2, 0) is 20.7 Å². The van der Waals surface area contributed by atoms with E-state index in [0.717, 1.165) is 17.7 Å². The Morgan fingerprint density at radius 1 is 1.42 bits per heavy atom. The molecule has 1 heterocycles. The van der Waals surface area contributed by atoms with Gasteiger partial charge in [-0.05, 0) is 31.0 Å². The average molecular weight is 262 g/mol. The standard InChI is InChI=1S/C14H18N2O3/c1-3-19-9-14(18)15-12-5-4-11-6-7-16(10(2)17)13(11)8-12/h4-5,8H,3,6-7,9H2,1-2H3,(H,15,18). The fraction of sp³-hybridized carbons (Fsp3) is 0.429. The zero-order chi connectivity index (χ0) is 13.8. The van der Waals surface area contributed by atoms with Gasteiger partial charge in [0.15, 0.2) is 0 Å². The quantitative estimate of drug-likeness (QED) is 0.896. The molecule has 1 N–H and O–H groups in total. The lowest BCUT2D eigenvalue weighted by Crippen LogP contribution is -2.26. The Balaban J connectivity index is 2.10. The summed E-state index contributed by atoms with van der Waals surface area (Å²) < 4.78 is 5.04. The Morgan fingerprint density at radius 3 is 2.89 bits per heavy atom. The summed E-state index contributed by atoms with van der Waals surface area (Å²) in [5, 5.41) is 2.76. The Bertz CT molecular complexity index is 499. The number of carbonyl (C=O) groups excluding carboxylic acids is 2. The molecule has 2 rings (SSSR count). The van der Waals surface area contributed by atoms with E-state index in [9.17, 15) is 9.59 Å². The number of fused-ring (bicyclic) bond motifs is 1. The van der Waals surface area contributed by atoms with Gasteiger partial charge >= 0.3 is 0 Å². The maximum absolute atomic E-state index is 11.6. The Labute approximate surface area is 112 Å². The second kappa shape index (κ2) is 5.84. The van der Waals surface area contributed by atoms with Crippen molar-refractivity contribution in [3.8, 4) is 0 Å². The summed E-state index contributed by atoms with van der Waals surface area (Å²) in [6.07, 6.45) is 0.863. The fourth-order valence-corrected chi connectivity index (χ4v) is 2.18. The normalized spacial score (nSPS) is 13.3. The van der Waals surface area contributed by atoms with Crippen LogP contribution in [-0.4, -0.2) is 31.6 Å². The van der Waals surface area contributed by atoms with Crippen LogP contribution in [0.2, 0.25) is 0 Å². The van der Waals surface area contributed by atoms with Gasteiger partial charge in [-0.15, -0.1) is 0 Å². The number of ether oxygens (including phenoxy) is 1. The molecular weight excluding hydrogens is 244 g/mol.